The molecule has 0 aliphatic heterocycles. The Morgan fingerprint density at radius 3 is 2.15 bits per heavy atom. The van der Waals surface area contributed by atoms with Gasteiger partial charge < -0.3 is 15.0 Å². The summed E-state index contributed by atoms with van der Waals surface area (Å²) in [6.07, 6.45) is 1.90. The normalized spacial score (nSPS) is 11.9. The van der Waals surface area contributed by atoms with E-state index in [0.29, 0.717) is 23.1 Å². The summed E-state index contributed by atoms with van der Waals surface area (Å²) in [6, 6.07) is 19.0. The minimum absolute atomic E-state index is 0.0468. The molecule has 0 saturated heterocycles. The van der Waals surface area contributed by atoms with Crippen LogP contribution in [0.3, 0.4) is 0 Å². The molecule has 0 heterocycles. The summed E-state index contributed by atoms with van der Waals surface area (Å²) >= 11 is 7.51. The molecule has 0 unspecified atom stereocenters. The molecule has 3 aromatic rings. The smallest absolute Gasteiger partial charge is 0.264 e. The predicted molar refractivity (Wildman–Crippen MR) is 156 cm³/mol. The summed E-state index contributed by atoms with van der Waals surface area (Å²) < 4.78 is 34.3. The van der Waals surface area contributed by atoms with E-state index in [0.717, 1.165) is 14.8 Å². The van der Waals surface area contributed by atoms with E-state index in [1.54, 1.807) is 67.6 Å². The van der Waals surface area contributed by atoms with E-state index in [-0.39, 0.29) is 17.3 Å². The summed E-state index contributed by atoms with van der Waals surface area (Å²) in [7, 11) is -2.66. The average Bonchev–Trinajstić information content (AvgIpc) is 2.95. The maximum absolute atomic E-state index is 13.9. The fraction of sp³-hybridized carbons (Fsp3) is 0.286. The summed E-state index contributed by atoms with van der Waals surface area (Å²) in [5.41, 5.74) is 1.03. The minimum Gasteiger partial charge on any atom is -0.494 e. The van der Waals surface area contributed by atoms with Crippen LogP contribution in [0.5, 0.6) is 5.75 Å². The van der Waals surface area contributed by atoms with E-state index in [1.807, 2.05) is 13.2 Å². The lowest BCUT2D eigenvalue weighted by Crippen LogP contribution is -2.50. The number of carbonyl (C=O) groups excluding carboxylic acids is 2. The highest BCUT2D eigenvalue weighted by atomic mass is 35.5. The topological polar surface area (TPSA) is 96.0 Å². The second-order valence-corrected chi connectivity index (χ2v) is 11.7. The lowest BCUT2D eigenvalue weighted by atomic mass is 10.1. The first-order valence-electron chi connectivity index (χ1n) is 12.3. The number of thioether (sulfide) groups is 1. The third-order valence-electron chi connectivity index (χ3n) is 6.04. The number of carbonyl (C=O) groups is 2. The van der Waals surface area contributed by atoms with Crippen LogP contribution in [-0.2, 0) is 26.2 Å². The number of benzene rings is 3. The third-order valence-corrected chi connectivity index (χ3v) is 8.83. The zero-order chi connectivity index (χ0) is 28.6. The van der Waals surface area contributed by atoms with Gasteiger partial charge in [-0.25, -0.2) is 8.42 Å². The van der Waals surface area contributed by atoms with E-state index in [2.05, 4.69) is 5.32 Å². The average molecular weight is 590 g/mol. The van der Waals surface area contributed by atoms with Gasteiger partial charge in [-0.05, 0) is 86.3 Å². The van der Waals surface area contributed by atoms with Gasteiger partial charge in [-0.15, -0.1) is 11.8 Å². The number of nitrogens with zero attached hydrogens (tertiary/aromatic N) is 2. The van der Waals surface area contributed by atoms with Crippen LogP contribution in [0.1, 0.15) is 19.4 Å². The van der Waals surface area contributed by atoms with E-state index in [1.165, 1.54) is 35.8 Å². The maximum Gasteiger partial charge on any atom is 0.264 e. The zero-order valence-electron chi connectivity index (χ0n) is 22.3. The lowest BCUT2D eigenvalue weighted by Gasteiger charge is -2.31. The Balaban J connectivity index is 2.02. The van der Waals surface area contributed by atoms with E-state index < -0.39 is 28.5 Å². The number of amides is 2. The quantitative estimate of drug-likeness (QED) is 0.304. The van der Waals surface area contributed by atoms with Crippen LogP contribution in [-0.4, -0.2) is 57.6 Å². The van der Waals surface area contributed by atoms with Crippen LogP contribution in [0, 0.1) is 0 Å². The highest BCUT2D eigenvalue weighted by Crippen LogP contribution is 2.28. The van der Waals surface area contributed by atoms with Crippen LogP contribution in [0.4, 0.5) is 5.69 Å². The number of anilines is 1. The molecule has 0 aromatic heterocycles. The van der Waals surface area contributed by atoms with Crippen LogP contribution in [0.15, 0.2) is 82.6 Å². The van der Waals surface area contributed by atoms with Crippen molar-refractivity contribution >= 4 is 50.9 Å². The summed E-state index contributed by atoms with van der Waals surface area (Å²) in [5, 5.41) is 3.10. The fourth-order valence-corrected chi connectivity index (χ4v) is 5.81. The molecule has 1 N–H and O–H groups in total. The number of halogens is 1. The summed E-state index contributed by atoms with van der Waals surface area (Å²) in [6.45, 7) is 3.48. The monoisotopic (exact) mass is 589 g/mol. The van der Waals surface area contributed by atoms with E-state index >= 15 is 0 Å². The van der Waals surface area contributed by atoms with Crippen molar-refractivity contribution in [2.24, 2.45) is 0 Å². The SMILES string of the molecule is CCOc1ccc(N(CC(=O)N(Cc2ccc(Cl)cc2)[C@H](C)C(=O)NC)S(=O)(=O)c2ccc(SC)cc2)cc1. The van der Waals surface area contributed by atoms with Crippen molar-refractivity contribution in [2.45, 2.75) is 36.2 Å². The molecule has 0 spiro atoms. The molecule has 0 fully saturated rings. The number of nitrogens with one attached hydrogen (secondary N) is 1. The highest BCUT2D eigenvalue weighted by Gasteiger charge is 2.32. The molecule has 208 valence electrons. The van der Waals surface area contributed by atoms with Gasteiger partial charge in [0.15, 0.2) is 0 Å². The van der Waals surface area contributed by atoms with Crippen molar-refractivity contribution in [3.63, 3.8) is 0 Å². The maximum atomic E-state index is 13.9. The third kappa shape index (κ3) is 7.68. The first-order chi connectivity index (χ1) is 18.6. The molecule has 11 heteroatoms. The number of ether oxygens (including phenoxy) is 1. The summed E-state index contributed by atoms with van der Waals surface area (Å²) in [4.78, 5) is 28.7. The van der Waals surface area contributed by atoms with Gasteiger partial charge in [-0.2, -0.15) is 0 Å². The second kappa shape index (κ2) is 13.7. The van der Waals surface area contributed by atoms with Crippen molar-refractivity contribution in [1.29, 1.82) is 0 Å². The Morgan fingerprint density at radius 2 is 1.62 bits per heavy atom. The largest absolute Gasteiger partial charge is 0.494 e. The number of sulfonamides is 1. The fourth-order valence-electron chi connectivity index (χ4n) is 3.86. The number of likely N-dealkylation sites (N-methyl/N-ethyl adjacent to an activating group) is 1. The predicted octanol–water partition coefficient (Wildman–Crippen LogP) is 4.82. The molecule has 0 saturated carbocycles. The minimum atomic E-state index is -4.15. The van der Waals surface area contributed by atoms with Crippen molar-refractivity contribution in [1.82, 2.24) is 10.2 Å². The number of hydrogen-bond acceptors (Lipinski definition) is 6. The Hall–Kier alpha value is -3.21. The first kappa shape index (κ1) is 30.3. The van der Waals surface area contributed by atoms with Gasteiger partial charge in [-0.1, -0.05) is 23.7 Å². The zero-order valence-corrected chi connectivity index (χ0v) is 24.6. The molecule has 0 aliphatic rings. The summed E-state index contributed by atoms with van der Waals surface area (Å²) in [5.74, 6) is -0.341. The van der Waals surface area contributed by atoms with E-state index in [4.69, 9.17) is 16.3 Å². The number of hydrogen-bond donors (Lipinski definition) is 1. The van der Waals surface area contributed by atoms with Crippen molar-refractivity contribution in [2.75, 3.05) is 30.8 Å². The molecular formula is C28H32ClN3O5S2. The second-order valence-electron chi connectivity index (χ2n) is 8.55. The van der Waals surface area contributed by atoms with Crippen LogP contribution in [0.25, 0.3) is 0 Å². The van der Waals surface area contributed by atoms with Crippen molar-refractivity contribution < 1.29 is 22.7 Å². The Morgan fingerprint density at radius 1 is 1.00 bits per heavy atom. The van der Waals surface area contributed by atoms with Gasteiger partial charge in [0.2, 0.25) is 11.8 Å². The molecule has 8 nitrogen and oxygen atoms in total. The van der Waals surface area contributed by atoms with Gasteiger partial charge in [0.25, 0.3) is 10.0 Å². The number of rotatable bonds is 12. The van der Waals surface area contributed by atoms with Gasteiger partial charge in [-0.3, -0.25) is 13.9 Å². The lowest BCUT2D eigenvalue weighted by molar-refractivity contribution is -0.139. The van der Waals surface area contributed by atoms with Gasteiger partial charge in [0.1, 0.15) is 18.3 Å². The molecule has 39 heavy (non-hydrogen) atoms. The van der Waals surface area contributed by atoms with Gasteiger partial charge >= 0.3 is 0 Å². The molecule has 0 radical (unpaired) electrons. The van der Waals surface area contributed by atoms with Crippen LogP contribution in [0.2, 0.25) is 5.02 Å². The van der Waals surface area contributed by atoms with Crippen LogP contribution >= 0.6 is 23.4 Å². The standard InChI is InChI=1S/C28H32ClN3O5S2/c1-5-37-24-12-10-23(11-13-24)32(39(35,36)26-16-14-25(38-4)15-17-26)19-27(33)31(20(2)28(34)30-3)18-21-6-8-22(29)9-7-21/h6-17,20H,5,18-19H2,1-4H3,(H,30,34)/t20-/m1/s1. The Bertz CT molecular complexity index is 1370. The van der Waals surface area contributed by atoms with Gasteiger partial charge in [0, 0.05) is 23.5 Å². The van der Waals surface area contributed by atoms with E-state index in [9.17, 15) is 18.0 Å². The molecule has 0 bridgehead atoms. The van der Waals surface area contributed by atoms with Crippen molar-refractivity contribution in [3.05, 3.63) is 83.4 Å². The first-order valence-corrected chi connectivity index (χ1v) is 15.3. The molecule has 2 amide bonds. The van der Waals surface area contributed by atoms with Crippen molar-refractivity contribution in [3.8, 4) is 5.75 Å². The molecular weight excluding hydrogens is 558 g/mol. The molecule has 0 aliphatic carbocycles. The molecule has 3 rings (SSSR count). The van der Waals surface area contributed by atoms with Crippen LogP contribution < -0.4 is 14.4 Å². The molecule has 3 aromatic carbocycles. The molecule has 1 atom stereocenters. The van der Waals surface area contributed by atoms with Gasteiger partial charge in [0.05, 0.1) is 17.2 Å². The Kier molecular flexibility index (Phi) is 10.7. The Labute approximate surface area is 239 Å². The highest BCUT2D eigenvalue weighted by molar-refractivity contribution is 7.98.